The van der Waals surface area contributed by atoms with Gasteiger partial charge in [0.2, 0.25) is 0 Å². The summed E-state index contributed by atoms with van der Waals surface area (Å²) in [6.07, 6.45) is 2.72. The molecule has 0 amide bonds. The molecule has 0 saturated heterocycles. The standard InChI is InChI=1S/C18H18O2.C7H8/c1-20-16-9-10-17-14(12-16)7-8-15(18(17)19)11-13-5-3-2-4-6-13;1-7-5-3-2-4-6-7/h2-6,9-10,12,15H,7-8,11H2,1H3;2-6H,1H3/t15-;/m1./s1. The highest BCUT2D eigenvalue weighted by Crippen LogP contribution is 2.30. The fourth-order valence-electron chi connectivity index (χ4n) is 3.45. The van der Waals surface area contributed by atoms with Crippen LogP contribution in [0.2, 0.25) is 0 Å². The Morgan fingerprint density at radius 3 is 2.19 bits per heavy atom. The molecule has 1 aliphatic carbocycles. The lowest BCUT2D eigenvalue weighted by molar-refractivity contribution is 0.0901. The number of Topliss-reactive ketones (excluding diaryl/α,β-unsaturated/α-hetero) is 1. The quantitative estimate of drug-likeness (QED) is 0.602. The molecule has 0 bridgehead atoms. The Bertz CT molecular complexity index is 869. The molecular formula is C25H26O2. The first-order valence-electron chi connectivity index (χ1n) is 9.44. The maximum Gasteiger partial charge on any atom is 0.166 e. The van der Waals surface area contributed by atoms with Gasteiger partial charge in [0.15, 0.2) is 5.78 Å². The van der Waals surface area contributed by atoms with E-state index in [-0.39, 0.29) is 11.7 Å². The fourth-order valence-corrected chi connectivity index (χ4v) is 3.45. The van der Waals surface area contributed by atoms with Crippen molar-refractivity contribution in [2.75, 3.05) is 7.11 Å². The first kappa shape index (κ1) is 18.9. The summed E-state index contributed by atoms with van der Waals surface area (Å²) in [4.78, 5) is 12.6. The number of hydrogen-bond acceptors (Lipinski definition) is 2. The van der Waals surface area contributed by atoms with Crippen LogP contribution in [-0.2, 0) is 12.8 Å². The molecule has 0 aromatic heterocycles. The molecule has 0 fully saturated rings. The molecule has 4 rings (SSSR count). The maximum atomic E-state index is 12.6. The normalized spacial score (nSPS) is 15.3. The molecule has 0 saturated carbocycles. The number of carbonyl (C=O) groups excluding carboxylic acids is 1. The number of benzene rings is 3. The zero-order valence-corrected chi connectivity index (χ0v) is 16.0. The predicted octanol–water partition coefficient (Wildman–Crippen LogP) is 5.68. The van der Waals surface area contributed by atoms with Gasteiger partial charge in [-0.1, -0.05) is 66.2 Å². The van der Waals surface area contributed by atoms with Crippen LogP contribution in [0.5, 0.6) is 5.75 Å². The van der Waals surface area contributed by atoms with Gasteiger partial charge in [0.25, 0.3) is 0 Å². The minimum atomic E-state index is 0.110. The molecule has 1 aliphatic rings. The smallest absolute Gasteiger partial charge is 0.166 e. The van der Waals surface area contributed by atoms with Gasteiger partial charge in [-0.2, -0.15) is 0 Å². The van der Waals surface area contributed by atoms with Crippen molar-refractivity contribution < 1.29 is 9.53 Å². The van der Waals surface area contributed by atoms with Gasteiger partial charge in [0.1, 0.15) is 5.75 Å². The highest BCUT2D eigenvalue weighted by atomic mass is 16.5. The van der Waals surface area contributed by atoms with Crippen LogP contribution in [0.25, 0.3) is 0 Å². The Labute approximate surface area is 161 Å². The molecule has 2 nitrogen and oxygen atoms in total. The summed E-state index contributed by atoms with van der Waals surface area (Å²) in [7, 11) is 1.66. The average Bonchev–Trinajstić information content (AvgIpc) is 2.72. The third kappa shape index (κ3) is 5.07. The second kappa shape index (κ2) is 9.18. The molecule has 138 valence electrons. The van der Waals surface area contributed by atoms with Crippen molar-refractivity contribution in [2.45, 2.75) is 26.2 Å². The number of ketones is 1. The van der Waals surface area contributed by atoms with Gasteiger partial charge in [0, 0.05) is 11.5 Å². The zero-order chi connectivity index (χ0) is 19.1. The molecule has 3 aromatic carbocycles. The van der Waals surface area contributed by atoms with Crippen molar-refractivity contribution in [3.63, 3.8) is 0 Å². The Balaban J connectivity index is 0.000000253. The Morgan fingerprint density at radius 1 is 0.926 bits per heavy atom. The van der Waals surface area contributed by atoms with Crippen molar-refractivity contribution in [2.24, 2.45) is 5.92 Å². The third-order valence-electron chi connectivity index (χ3n) is 4.98. The number of aryl methyl sites for hydroxylation is 2. The summed E-state index contributed by atoms with van der Waals surface area (Å²) >= 11 is 0. The van der Waals surface area contributed by atoms with Crippen LogP contribution in [0.1, 0.15) is 33.5 Å². The topological polar surface area (TPSA) is 26.3 Å². The van der Waals surface area contributed by atoms with Crippen LogP contribution < -0.4 is 4.74 Å². The van der Waals surface area contributed by atoms with E-state index in [0.29, 0.717) is 0 Å². The van der Waals surface area contributed by atoms with E-state index in [0.717, 1.165) is 36.1 Å². The van der Waals surface area contributed by atoms with Crippen molar-refractivity contribution >= 4 is 5.78 Å². The van der Waals surface area contributed by atoms with E-state index in [1.807, 2.05) is 54.6 Å². The van der Waals surface area contributed by atoms with Gasteiger partial charge < -0.3 is 4.74 Å². The SMILES string of the molecule is COc1ccc2c(c1)CC[C@H](Cc1ccccc1)C2=O.Cc1ccccc1. The van der Waals surface area contributed by atoms with Crippen molar-refractivity contribution in [1.82, 2.24) is 0 Å². The summed E-state index contributed by atoms with van der Waals surface area (Å²) in [5.41, 5.74) is 4.56. The van der Waals surface area contributed by atoms with E-state index in [2.05, 4.69) is 31.2 Å². The van der Waals surface area contributed by atoms with Crippen LogP contribution in [0.4, 0.5) is 0 Å². The molecule has 3 aromatic rings. The van der Waals surface area contributed by atoms with Crippen LogP contribution >= 0.6 is 0 Å². The Kier molecular flexibility index (Phi) is 6.43. The van der Waals surface area contributed by atoms with Crippen LogP contribution in [0.15, 0.2) is 78.9 Å². The van der Waals surface area contributed by atoms with E-state index < -0.39 is 0 Å². The molecule has 0 unspecified atom stereocenters. The van der Waals surface area contributed by atoms with Gasteiger partial charge >= 0.3 is 0 Å². The molecule has 27 heavy (non-hydrogen) atoms. The first-order valence-corrected chi connectivity index (χ1v) is 9.44. The van der Waals surface area contributed by atoms with Gasteiger partial charge in [-0.05, 0) is 55.5 Å². The van der Waals surface area contributed by atoms with Crippen LogP contribution in [0.3, 0.4) is 0 Å². The molecule has 2 heteroatoms. The van der Waals surface area contributed by atoms with E-state index in [4.69, 9.17) is 4.74 Å². The largest absolute Gasteiger partial charge is 0.497 e. The Hall–Kier alpha value is -2.87. The molecule has 0 spiro atoms. The fraction of sp³-hybridized carbons (Fsp3) is 0.240. The van der Waals surface area contributed by atoms with Gasteiger partial charge in [-0.3, -0.25) is 4.79 Å². The lowest BCUT2D eigenvalue weighted by Gasteiger charge is -2.23. The highest BCUT2D eigenvalue weighted by molar-refractivity contribution is 6.00. The minimum absolute atomic E-state index is 0.110. The van der Waals surface area contributed by atoms with Crippen LogP contribution in [-0.4, -0.2) is 12.9 Å². The second-order valence-corrected chi connectivity index (χ2v) is 6.97. The van der Waals surface area contributed by atoms with E-state index in [1.54, 1.807) is 7.11 Å². The summed E-state index contributed by atoms with van der Waals surface area (Å²) in [5, 5.41) is 0. The maximum absolute atomic E-state index is 12.6. The number of fused-ring (bicyclic) bond motifs is 1. The van der Waals surface area contributed by atoms with Crippen molar-refractivity contribution in [3.05, 3.63) is 101 Å². The lowest BCUT2D eigenvalue weighted by atomic mass is 9.80. The van der Waals surface area contributed by atoms with Crippen molar-refractivity contribution in [3.8, 4) is 5.75 Å². The second-order valence-electron chi connectivity index (χ2n) is 6.97. The van der Waals surface area contributed by atoms with E-state index in [1.165, 1.54) is 11.1 Å². The van der Waals surface area contributed by atoms with Crippen LogP contribution in [0, 0.1) is 12.8 Å². The molecular weight excluding hydrogens is 332 g/mol. The third-order valence-corrected chi connectivity index (χ3v) is 4.98. The average molecular weight is 358 g/mol. The highest BCUT2D eigenvalue weighted by Gasteiger charge is 2.27. The van der Waals surface area contributed by atoms with Gasteiger partial charge in [-0.25, -0.2) is 0 Å². The predicted molar refractivity (Wildman–Crippen MR) is 110 cm³/mol. The zero-order valence-electron chi connectivity index (χ0n) is 16.0. The number of carbonyl (C=O) groups is 1. The van der Waals surface area contributed by atoms with E-state index >= 15 is 0 Å². The lowest BCUT2D eigenvalue weighted by Crippen LogP contribution is -2.24. The van der Waals surface area contributed by atoms with E-state index in [9.17, 15) is 4.79 Å². The first-order chi connectivity index (χ1) is 13.2. The van der Waals surface area contributed by atoms with Crippen molar-refractivity contribution in [1.29, 1.82) is 0 Å². The number of rotatable bonds is 3. The van der Waals surface area contributed by atoms with Gasteiger partial charge in [-0.15, -0.1) is 0 Å². The summed E-state index contributed by atoms with van der Waals surface area (Å²) in [6.45, 7) is 2.08. The number of methoxy groups -OCH3 is 1. The summed E-state index contributed by atoms with van der Waals surface area (Å²) < 4.78 is 5.23. The minimum Gasteiger partial charge on any atom is -0.497 e. The molecule has 1 atom stereocenters. The van der Waals surface area contributed by atoms with Gasteiger partial charge in [0.05, 0.1) is 7.11 Å². The summed E-state index contributed by atoms with van der Waals surface area (Å²) in [5.74, 6) is 1.22. The number of ether oxygens (including phenoxy) is 1. The summed E-state index contributed by atoms with van der Waals surface area (Å²) in [6, 6.07) is 26.3. The Morgan fingerprint density at radius 2 is 1.59 bits per heavy atom. The monoisotopic (exact) mass is 358 g/mol. The molecule has 0 radical (unpaired) electrons. The molecule has 0 N–H and O–H groups in total. The molecule has 0 heterocycles. The molecule has 0 aliphatic heterocycles. The number of hydrogen-bond donors (Lipinski definition) is 0.